The summed E-state index contributed by atoms with van der Waals surface area (Å²) in [4.78, 5) is 15.0. The van der Waals surface area contributed by atoms with Crippen LogP contribution >= 0.6 is 0 Å². The summed E-state index contributed by atoms with van der Waals surface area (Å²) < 4.78 is 11.1. The van der Waals surface area contributed by atoms with E-state index in [1.54, 1.807) is 18.1 Å². The van der Waals surface area contributed by atoms with Gasteiger partial charge in [-0.05, 0) is 43.2 Å². The van der Waals surface area contributed by atoms with Gasteiger partial charge in [-0.25, -0.2) is 0 Å². The molecule has 0 radical (unpaired) electrons. The van der Waals surface area contributed by atoms with Gasteiger partial charge in [0.25, 0.3) is 5.91 Å². The number of hydrogen-bond acceptors (Lipinski definition) is 5. The van der Waals surface area contributed by atoms with E-state index in [9.17, 15) is 9.90 Å². The van der Waals surface area contributed by atoms with E-state index in [1.165, 1.54) is 0 Å². The number of amides is 1. The first-order valence-corrected chi connectivity index (χ1v) is 10.5. The molecule has 0 unspecified atom stereocenters. The van der Waals surface area contributed by atoms with Gasteiger partial charge in [0, 0.05) is 24.8 Å². The second-order valence-electron chi connectivity index (χ2n) is 7.70. The van der Waals surface area contributed by atoms with Crippen LogP contribution in [-0.4, -0.2) is 53.0 Å². The zero-order valence-electron chi connectivity index (χ0n) is 18.0. The molecular formula is C24H27N3O4. The van der Waals surface area contributed by atoms with Gasteiger partial charge >= 0.3 is 0 Å². The van der Waals surface area contributed by atoms with Crippen LogP contribution in [0.3, 0.4) is 0 Å². The van der Waals surface area contributed by atoms with Crippen molar-refractivity contribution in [3.05, 3.63) is 64.8 Å². The summed E-state index contributed by atoms with van der Waals surface area (Å²) in [5.74, 6) is 0.750. The number of aryl methyl sites for hydroxylation is 1. The van der Waals surface area contributed by atoms with E-state index in [2.05, 4.69) is 17.1 Å². The minimum Gasteiger partial charge on any atom is -0.507 e. The number of H-pyrrole nitrogens is 1. The minimum atomic E-state index is -0.364. The van der Waals surface area contributed by atoms with Gasteiger partial charge in [0.1, 0.15) is 22.9 Å². The third-order valence-electron chi connectivity index (χ3n) is 5.45. The van der Waals surface area contributed by atoms with E-state index in [4.69, 9.17) is 9.47 Å². The smallest absolute Gasteiger partial charge is 0.273 e. The summed E-state index contributed by atoms with van der Waals surface area (Å²) in [6.45, 7) is 5.49. The molecule has 1 amide bonds. The van der Waals surface area contributed by atoms with Gasteiger partial charge in [0.15, 0.2) is 0 Å². The second-order valence-corrected chi connectivity index (χ2v) is 7.70. The summed E-state index contributed by atoms with van der Waals surface area (Å²) >= 11 is 0. The Labute approximate surface area is 181 Å². The second kappa shape index (κ2) is 8.81. The van der Waals surface area contributed by atoms with Gasteiger partial charge in [-0.1, -0.05) is 30.7 Å². The third-order valence-corrected chi connectivity index (χ3v) is 5.45. The number of nitrogens with zero attached hydrogens (tertiary/aromatic N) is 2. The molecule has 0 aliphatic carbocycles. The van der Waals surface area contributed by atoms with E-state index in [1.807, 2.05) is 43.3 Å². The highest BCUT2D eigenvalue weighted by atomic mass is 16.5. The first-order chi connectivity index (χ1) is 15.0. The molecule has 0 bridgehead atoms. The molecule has 2 aromatic carbocycles. The molecular weight excluding hydrogens is 394 g/mol. The van der Waals surface area contributed by atoms with Crippen molar-refractivity contribution in [1.29, 1.82) is 0 Å². The monoisotopic (exact) mass is 421 g/mol. The SMILES string of the molecule is CCCOc1cccc([C@@H]2c3c(-c4cc(C)ccc4O)n[nH]c3C(=O)N2CCOC)c1. The molecule has 1 aromatic heterocycles. The molecule has 3 aromatic rings. The number of benzene rings is 2. The molecule has 1 aliphatic heterocycles. The molecule has 4 rings (SSSR count). The molecule has 1 atom stereocenters. The van der Waals surface area contributed by atoms with Crippen LogP contribution in [0, 0.1) is 6.92 Å². The lowest BCUT2D eigenvalue weighted by Crippen LogP contribution is -2.32. The number of hydrogen-bond donors (Lipinski definition) is 2. The maximum Gasteiger partial charge on any atom is 0.273 e. The fourth-order valence-electron chi connectivity index (χ4n) is 4.00. The number of fused-ring (bicyclic) bond motifs is 1. The lowest BCUT2D eigenvalue weighted by molar-refractivity contribution is 0.0677. The van der Waals surface area contributed by atoms with E-state index < -0.39 is 0 Å². The Bertz CT molecular complexity index is 1090. The van der Waals surface area contributed by atoms with E-state index >= 15 is 0 Å². The molecule has 0 spiro atoms. The molecule has 2 heterocycles. The standard InChI is InChI=1S/C24H27N3O4/c1-4-11-31-17-7-5-6-16(14-17)23-20-21(18-13-15(2)8-9-19(18)28)25-26-22(20)24(29)27(23)10-12-30-3/h5-9,13-14,23,28H,4,10-12H2,1-3H3,(H,25,26)/t23-/m1/s1. The maximum absolute atomic E-state index is 13.2. The van der Waals surface area contributed by atoms with Crippen molar-refractivity contribution in [1.82, 2.24) is 15.1 Å². The third kappa shape index (κ3) is 3.88. The number of phenolic OH excluding ortho intramolecular Hbond substituents is 1. The van der Waals surface area contributed by atoms with Gasteiger partial charge in [-0.15, -0.1) is 0 Å². The van der Waals surface area contributed by atoms with Crippen LogP contribution in [0.1, 0.15) is 46.6 Å². The molecule has 7 heteroatoms. The van der Waals surface area contributed by atoms with Crippen molar-refractivity contribution >= 4 is 5.91 Å². The number of carbonyl (C=O) groups excluding carboxylic acids is 1. The van der Waals surface area contributed by atoms with Crippen molar-refractivity contribution in [2.45, 2.75) is 26.3 Å². The Morgan fingerprint density at radius 2 is 2.03 bits per heavy atom. The molecule has 31 heavy (non-hydrogen) atoms. The van der Waals surface area contributed by atoms with Crippen LogP contribution in [0.4, 0.5) is 0 Å². The lowest BCUT2D eigenvalue weighted by Gasteiger charge is -2.26. The van der Waals surface area contributed by atoms with E-state index in [0.29, 0.717) is 36.7 Å². The van der Waals surface area contributed by atoms with Gasteiger partial charge in [0.05, 0.1) is 19.3 Å². The lowest BCUT2D eigenvalue weighted by atomic mass is 9.95. The number of rotatable bonds is 8. The zero-order valence-corrected chi connectivity index (χ0v) is 18.0. The average Bonchev–Trinajstić information content (AvgIpc) is 3.31. The number of carbonyl (C=O) groups is 1. The van der Waals surface area contributed by atoms with Gasteiger partial charge in [-0.3, -0.25) is 9.89 Å². The minimum absolute atomic E-state index is 0.126. The van der Waals surface area contributed by atoms with E-state index in [-0.39, 0.29) is 17.7 Å². The number of aromatic hydroxyl groups is 1. The highest BCUT2D eigenvalue weighted by molar-refractivity contribution is 6.00. The number of aromatic nitrogens is 2. The molecule has 1 aliphatic rings. The van der Waals surface area contributed by atoms with Gasteiger partial charge < -0.3 is 19.5 Å². The maximum atomic E-state index is 13.2. The number of methoxy groups -OCH3 is 1. The van der Waals surface area contributed by atoms with Crippen LogP contribution < -0.4 is 4.74 Å². The van der Waals surface area contributed by atoms with Crippen LogP contribution in [0.25, 0.3) is 11.3 Å². The van der Waals surface area contributed by atoms with Crippen molar-refractivity contribution in [2.75, 3.05) is 26.9 Å². The Balaban J connectivity index is 1.85. The summed E-state index contributed by atoms with van der Waals surface area (Å²) in [7, 11) is 1.62. The topological polar surface area (TPSA) is 87.7 Å². The number of ether oxygens (including phenoxy) is 2. The molecule has 162 valence electrons. The predicted octanol–water partition coefficient (Wildman–Crippen LogP) is 4.07. The highest BCUT2D eigenvalue weighted by Crippen LogP contribution is 2.44. The molecule has 0 saturated heterocycles. The normalized spacial score (nSPS) is 15.4. The van der Waals surface area contributed by atoms with Crippen molar-refractivity contribution in [2.24, 2.45) is 0 Å². The number of phenols is 1. The molecule has 2 N–H and O–H groups in total. The number of aromatic amines is 1. The Morgan fingerprint density at radius 3 is 2.81 bits per heavy atom. The Hall–Kier alpha value is -3.32. The predicted molar refractivity (Wildman–Crippen MR) is 117 cm³/mol. The van der Waals surface area contributed by atoms with Gasteiger partial charge in [0.2, 0.25) is 0 Å². The summed E-state index contributed by atoms with van der Waals surface area (Å²) in [5.41, 5.74) is 4.30. The fourth-order valence-corrected chi connectivity index (χ4v) is 4.00. The zero-order chi connectivity index (χ0) is 22.0. The van der Waals surface area contributed by atoms with E-state index in [0.717, 1.165) is 28.9 Å². The highest BCUT2D eigenvalue weighted by Gasteiger charge is 2.42. The Morgan fingerprint density at radius 1 is 1.19 bits per heavy atom. The largest absolute Gasteiger partial charge is 0.507 e. The van der Waals surface area contributed by atoms with Crippen LogP contribution in [0.15, 0.2) is 42.5 Å². The first kappa shape index (κ1) is 20.9. The Kier molecular flexibility index (Phi) is 5.95. The first-order valence-electron chi connectivity index (χ1n) is 10.5. The van der Waals surface area contributed by atoms with Crippen molar-refractivity contribution < 1.29 is 19.4 Å². The van der Waals surface area contributed by atoms with Crippen LogP contribution in [0.2, 0.25) is 0 Å². The van der Waals surface area contributed by atoms with Crippen molar-refractivity contribution in [3.8, 4) is 22.8 Å². The van der Waals surface area contributed by atoms with Crippen LogP contribution in [-0.2, 0) is 4.74 Å². The quantitative estimate of drug-likeness (QED) is 0.572. The van der Waals surface area contributed by atoms with Crippen LogP contribution in [0.5, 0.6) is 11.5 Å². The molecule has 7 nitrogen and oxygen atoms in total. The summed E-state index contributed by atoms with van der Waals surface area (Å²) in [6.07, 6.45) is 0.911. The summed E-state index contributed by atoms with van der Waals surface area (Å²) in [5, 5.41) is 17.9. The fraction of sp³-hybridized carbons (Fsp3) is 0.333. The van der Waals surface area contributed by atoms with Crippen molar-refractivity contribution in [3.63, 3.8) is 0 Å². The molecule has 0 fully saturated rings. The van der Waals surface area contributed by atoms with Gasteiger partial charge in [-0.2, -0.15) is 5.10 Å². The average molecular weight is 421 g/mol. The molecule has 0 saturated carbocycles. The summed E-state index contributed by atoms with van der Waals surface area (Å²) in [6, 6.07) is 12.8. The number of nitrogens with one attached hydrogen (secondary N) is 1.